The predicted octanol–water partition coefficient (Wildman–Crippen LogP) is 12.0. The smallest absolute Gasteiger partial charge is 0.0912 e. The van der Waals surface area contributed by atoms with Crippen molar-refractivity contribution in [2.24, 2.45) is 5.73 Å². The fourth-order valence-electron chi connectivity index (χ4n) is 8.38. The second-order valence-corrected chi connectivity index (χ2v) is 20.4. The van der Waals surface area contributed by atoms with Crippen LogP contribution in [0.5, 0.6) is 0 Å². The first-order chi connectivity index (χ1) is 28.2. The van der Waals surface area contributed by atoms with Crippen molar-refractivity contribution in [3.63, 3.8) is 0 Å². The van der Waals surface area contributed by atoms with Gasteiger partial charge in [0, 0.05) is 35.7 Å². The largest absolute Gasteiger partial charge is 0.330 e. The number of nitrogens with one attached hydrogen (secondary N) is 1. The zero-order valence-corrected chi connectivity index (χ0v) is 36.7. The van der Waals surface area contributed by atoms with Crippen molar-refractivity contribution in [3.8, 4) is 0 Å². The van der Waals surface area contributed by atoms with Crippen molar-refractivity contribution in [2.75, 3.05) is 39.3 Å². The molecule has 5 heteroatoms. The molecule has 6 rings (SSSR count). The van der Waals surface area contributed by atoms with Crippen LogP contribution in [0.15, 0.2) is 182 Å². The third-order valence-corrected chi connectivity index (χ3v) is 14.3. The molecule has 0 aromatic heterocycles. The highest BCUT2D eigenvalue weighted by Gasteiger charge is 2.43. The molecular formula is C53H63N3S2. The van der Waals surface area contributed by atoms with E-state index in [4.69, 9.17) is 5.73 Å². The Morgan fingerprint density at radius 1 is 0.431 bits per heavy atom. The Hall–Kier alpha value is -4.10. The van der Waals surface area contributed by atoms with E-state index in [0.717, 1.165) is 58.5 Å². The Bertz CT molecular complexity index is 1850. The monoisotopic (exact) mass is 805 g/mol. The Morgan fingerprint density at radius 2 is 0.759 bits per heavy atom. The first kappa shape index (κ1) is 43.5. The molecule has 0 amide bonds. The molecule has 0 atom stereocenters. The van der Waals surface area contributed by atoms with Crippen LogP contribution in [0.3, 0.4) is 0 Å². The number of thioether (sulfide) groups is 2. The summed E-state index contributed by atoms with van der Waals surface area (Å²) in [4.78, 5) is 2.70. The van der Waals surface area contributed by atoms with Gasteiger partial charge in [-0.2, -0.15) is 0 Å². The van der Waals surface area contributed by atoms with E-state index in [2.05, 4.69) is 243 Å². The van der Waals surface area contributed by atoms with Gasteiger partial charge < -0.3 is 16.0 Å². The van der Waals surface area contributed by atoms with Crippen LogP contribution in [0.4, 0.5) is 0 Å². The molecule has 0 saturated carbocycles. The van der Waals surface area contributed by atoms with Crippen LogP contribution in [0.25, 0.3) is 0 Å². The van der Waals surface area contributed by atoms with E-state index >= 15 is 0 Å². The Morgan fingerprint density at radius 3 is 1.09 bits per heavy atom. The van der Waals surface area contributed by atoms with Gasteiger partial charge in [0.1, 0.15) is 0 Å². The summed E-state index contributed by atoms with van der Waals surface area (Å²) in [6.07, 6.45) is 3.37. The molecule has 0 spiro atoms. The average Bonchev–Trinajstić information content (AvgIpc) is 3.26. The first-order valence-electron chi connectivity index (χ1n) is 21.1. The molecule has 0 unspecified atom stereocenters. The van der Waals surface area contributed by atoms with E-state index < -0.39 is 0 Å². The Kier molecular flexibility index (Phi) is 15.5. The number of hydrogen-bond donors (Lipinski definition) is 2. The third kappa shape index (κ3) is 10.9. The lowest BCUT2D eigenvalue weighted by atomic mass is 9.84. The third-order valence-electron chi connectivity index (χ3n) is 10.9. The number of hydrogen-bond acceptors (Lipinski definition) is 5. The van der Waals surface area contributed by atoms with Crippen molar-refractivity contribution >= 4 is 23.5 Å². The lowest BCUT2D eigenvalue weighted by molar-refractivity contribution is 0.249. The maximum Gasteiger partial charge on any atom is 0.0912 e. The van der Waals surface area contributed by atoms with Crippen LogP contribution in [-0.4, -0.2) is 53.7 Å². The number of nitrogens with zero attached hydrogens (tertiary/aromatic N) is 1. The van der Waals surface area contributed by atoms with Crippen LogP contribution < -0.4 is 11.1 Å². The van der Waals surface area contributed by atoms with E-state index in [0.29, 0.717) is 0 Å². The summed E-state index contributed by atoms with van der Waals surface area (Å²) in [6.45, 7) is 15.2. The molecule has 6 aromatic carbocycles. The van der Waals surface area contributed by atoms with Crippen molar-refractivity contribution in [1.82, 2.24) is 10.2 Å². The zero-order valence-electron chi connectivity index (χ0n) is 35.0. The SMILES string of the molecule is CC(C)(CNCCN(CCCCCN)CC(C)(C)SC(c1ccccc1)(c1ccccc1)c1ccccc1)SC(c1ccccc1)(c1ccccc1)c1ccccc1. The number of benzene rings is 6. The first-order valence-corrected chi connectivity index (χ1v) is 22.7. The van der Waals surface area contributed by atoms with Crippen LogP contribution >= 0.6 is 23.5 Å². The fourth-order valence-corrected chi connectivity index (χ4v) is 12.0. The minimum absolute atomic E-state index is 0.0921. The number of unbranched alkanes of at least 4 members (excludes halogenated alkanes) is 2. The van der Waals surface area contributed by atoms with E-state index in [1.54, 1.807) is 0 Å². The van der Waals surface area contributed by atoms with E-state index in [-0.39, 0.29) is 19.0 Å². The maximum atomic E-state index is 5.95. The van der Waals surface area contributed by atoms with Gasteiger partial charge in [0.25, 0.3) is 0 Å². The van der Waals surface area contributed by atoms with Crippen molar-refractivity contribution in [1.29, 1.82) is 0 Å². The molecule has 0 saturated heterocycles. The molecule has 302 valence electrons. The summed E-state index contributed by atoms with van der Waals surface area (Å²) < 4.78 is -0.927. The molecular weight excluding hydrogens is 743 g/mol. The van der Waals surface area contributed by atoms with Crippen LogP contribution in [0, 0.1) is 0 Å². The quantitative estimate of drug-likeness (QED) is 0.0528. The molecule has 3 nitrogen and oxygen atoms in total. The standard InChI is InChI=1S/C53H63N3S2/c1-50(2,57-52(44-26-12-5-13-27-44,45-28-14-6-15-29-45)46-30-16-7-17-31-46)42-55-39-41-56(40-25-11-24-38-54)43-51(3,4)58-53(47-32-18-8-19-33-47,48-34-20-9-21-35-48)49-36-22-10-23-37-49/h5-10,12-23,26-37,55H,11,24-25,38-43,54H2,1-4H3. The highest BCUT2D eigenvalue weighted by Crippen LogP contribution is 2.54. The predicted molar refractivity (Wildman–Crippen MR) is 254 cm³/mol. The summed E-state index contributed by atoms with van der Waals surface area (Å²) >= 11 is 4.13. The summed E-state index contributed by atoms with van der Waals surface area (Å²) in [5.41, 5.74) is 13.8. The molecule has 0 heterocycles. The minimum Gasteiger partial charge on any atom is -0.330 e. The molecule has 58 heavy (non-hydrogen) atoms. The highest BCUT2D eigenvalue weighted by molar-refractivity contribution is 8.02. The number of nitrogens with two attached hydrogens (primary N) is 1. The van der Waals surface area contributed by atoms with Gasteiger partial charge in [0.05, 0.1) is 9.49 Å². The molecule has 0 aliphatic heterocycles. The summed E-state index contributed by atoms with van der Waals surface area (Å²) in [6, 6.07) is 66.5. The average molecular weight is 806 g/mol. The lowest BCUT2D eigenvalue weighted by Crippen LogP contribution is -2.45. The van der Waals surface area contributed by atoms with Crippen molar-refractivity contribution in [2.45, 2.75) is 65.9 Å². The highest BCUT2D eigenvalue weighted by atomic mass is 32.2. The van der Waals surface area contributed by atoms with Crippen LogP contribution in [0.2, 0.25) is 0 Å². The van der Waals surface area contributed by atoms with Gasteiger partial charge >= 0.3 is 0 Å². The molecule has 0 aliphatic rings. The van der Waals surface area contributed by atoms with Crippen molar-refractivity contribution in [3.05, 3.63) is 215 Å². The summed E-state index contributed by atoms with van der Waals surface area (Å²) in [7, 11) is 0. The number of rotatable bonds is 22. The molecule has 0 radical (unpaired) electrons. The fraction of sp³-hybridized carbons (Fsp3) is 0.321. The summed E-state index contributed by atoms with van der Waals surface area (Å²) in [5.74, 6) is 0. The van der Waals surface area contributed by atoms with Crippen LogP contribution in [-0.2, 0) is 9.49 Å². The van der Waals surface area contributed by atoms with E-state index in [1.807, 2.05) is 0 Å². The normalized spacial score (nSPS) is 12.5. The molecule has 3 N–H and O–H groups in total. The van der Waals surface area contributed by atoms with Gasteiger partial charge in [-0.15, -0.1) is 23.5 Å². The second-order valence-electron chi connectivity index (χ2n) is 16.6. The second kappa shape index (κ2) is 20.7. The molecule has 0 bridgehead atoms. The van der Waals surface area contributed by atoms with Gasteiger partial charge in [-0.05, 0) is 87.0 Å². The minimum atomic E-state index is -0.374. The van der Waals surface area contributed by atoms with Gasteiger partial charge in [-0.25, -0.2) is 0 Å². The molecule has 0 aliphatic carbocycles. The summed E-state index contributed by atoms with van der Waals surface area (Å²) in [5, 5.41) is 3.96. The van der Waals surface area contributed by atoms with Gasteiger partial charge in [0.2, 0.25) is 0 Å². The lowest BCUT2D eigenvalue weighted by Gasteiger charge is -2.43. The van der Waals surface area contributed by atoms with Gasteiger partial charge in [-0.3, -0.25) is 0 Å². The van der Waals surface area contributed by atoms with Gasteiger partial charge in [0.15, 0.2) is 0 Å². The Labute approximate surface area is 358 Å². The topological polar surface area (TPSA) is 41.3 Å². The Balaban J connectivity index is 1.22. The zero-order chi connectivity index (χ0) is 40.7. The molecule has 0 fully saturated rings. The van der Waals surface area contributed by atoms with Crippen LogP contribution in [0.1, 0.15) is 80.3 Å². The van der Waals surface area contributed by atoms with Gasteiger partial charge in [-0.1, -0.05) is 188 Å². The molecule has 6 aromatic rings. The maximum absolute atomic E-state index is 5.95. The van der Waals surface area contributed by atoms with E-state index in [1.165, 1.54) is 33.4 Å². The van der Waals surface area contributed by atoms with E-state index in [9.17, 15) is 0 Å². The van der Waals surface area contributed by atoms with Crippen molar-refractivity contribution < 1.29 is 0 Å².